The smallest absolute Gasteiger partial charge is 0.283 e. The van der Waals surface area contributed by atoms with E-state index in [0.29, 0.717) is 44.2 Å². The number of thiazole rings is 1. The zero-order chi connectivity index (χ0) is 29.5. The summed E-state index contributed by atoms with van der Waals surface area (Å²) in [7, 11) is 4.56. The van der Waals surface area contributed by atoms with Crippen LogP contribution in [0, 0.1) is 0 Å². The Balaban J connectivity index is 1.41. The number of aromatic nitrogens is 1. The average molecular weight is 578 g/mol. The fourth-order valence-electron chi connectivity index (χ4n) is 3.91. The highest BCUT2D eigenvalue weighted by atomic mass is 32.1. The van der Waals surface area contributed by atoms with E-state index in [4.69, 9.17) is 25.7 Å². The number of nitrogens with two attached hydrogens (primary N) is 2. The van der Waals surface area contributed by atoms with Crippen LogP contribution in [-0.2, 0) is 6.54 Å². The van der Waals surface area contributed by atoms with Gasteiger partial charge in [-0.25, -0.2) is 4.98 Å². The zero-order valence-corrected chi connectivity index (χ0v) is 23.3. The second-order valence-electron chi connectivity index (χ2n) is 8.62. The van der Waals surface area contributed by atoms with Gasteiger partial charge in [0, 0.05) is 35.5 Å². The Bertz CT molecular complexity index is 1580. The van der Waals surface area contributed by atoms with Gasteiger partial charge in [-0.1, -0.05) is 29.5 Å². The molecule has 1 aromatic heterocycles. The first-order valence-corrected chi connectivity index (χ1v) is 13.0. The maximum Gasteiger partial charge on any atom is 0.283 e. The lowest BCUT2D eigenvalue weighted by molar-refractivity contribution is -0.336. The van der Waals surface area contributed by atoms with Crippen LogP contribution in [0.3, 0.4) is 0 Å². The first kappa shape index (κ1) is 28.7. The Kier molecular flexibility index (Phi) is 8.89. The largest absolute Gasteiger partial charge is 0.493 e. The molecule has 0 saturated heterocycles. The van der Waals surface area contributed by atoms with Crippen molar-refractivity contribution in [1.82, 2.24) is 5.32 Å². The molecule has 0 atom stereocenters. The quantitative estimate of drug-likeness (QED) is 0.180. The van der Waals surface area contributed by atoms with Crippen LogP contribution in [0.1, 0.15) is 36.0 Å². The number of nitrogen functional groups attached to an aromatic ring is 1. The standard InChI is InChI=1S/C28H28N6O6S/c1-38-20-12-19(13-21(39-2)22(20)40-3)33-28-34-24(29)23(41-28)27(37)31-14-15-6-4-9-18(10-15)32-26(36)17-8-5-7-16(11-17)25(30)35/h4-13H,14,29H2,1-3H3,(H2,30,35)(H,31,37)(H,32,36)(H,33,34)/p+1. The summed E-state index contributed by atoms with van der Waals surface area (Å²) in [5.74, 6) is 0.190. The van der Waals surface area contributed by atoms with Gasteiger partial charge < -0.3 is 36.3 Å². The molecule has 0 fully saturated rings. The third-order valence-electron chi connectivity index (χ3n) is 5.87. The summed E-state index contributed by atoms with van der Waals surface area (Å²) in [5.41, 5.74) is 13.8. The molecule has 212 valence electrons. The third-order valence-corrected chi connectivity index (χ3v) is 6.89. The van der Waals surface area contributed by atoms with Crippen LogP contribution in [-0.4, -0.2) is 39.1 Å². The van der Waals surface area contributed by atoms with E-state index in [-0.39, 0.29) is 23.8 Å². The highest BCUT2D eigenvalue weighted by molar-refractivity contribution is 7.17. The molecular weight excluding hydrogens is 548 g/mol. The Labute approximate surface area is 239 Å². The van der Waals surface area contributed by atoms with Crippen molar-refractivity contribution < 1.29 is 33.6 Å². The van der Waals surface area contributed by atoms with Gasteiger partial charge in [-0.05, 0) is 35.9 Å². The first-order chi connectivity index (χ1) is 19.7. The lowest BCUT2D eigenvalue weighted by Crippen LogP contribution is -2.24. The molecular formula is C28H29N6O6S+. The first-order valence-electron chi connectivity index (χ1n) is 12.2. The maximum atomic E-state index is 12.9. The molecule has 13 heteroatoms. The predicted octanol–water partition coefficient (Wildman–Crippen LogP) is 3.20. The SMILES string of the molecule is COc1cc(Nc2[nH+]c(N)c(C(=O)NCc3cccc(NC(=O)c4cccc(C(N)=O)c4)c3)s2)cc(OC)c1OC. The molecule has 0 aliphatic carbocycles. The van der Waals surface area contributed by atoms with Crippen LogP contribution >= 0.6 is 11.3 Å². The number of rotatable bonds is 11. The Morgan fingerprint density at radius 3 is 2.20 bits per heavy atom. The summed E-state index contributed by atoms with van der Waals surface area (Å²) < 4.78 is 16.1. The second-order valence-corrected chi connectivity index (χ2v) is 9.64. The minimum Gasteiger partial charge on any atom is -0.493 e. The summed E-state index contributed by atoms with van der Waals surface area (Å²) in [6, 6.07) is 16.6. The third kappa shape index (κ3) is 6.83. The van der Waals surface area contributed by atoms with Crippen molar-refractivity contribution in [2.24, 2.45) is 5.73 Å². The Morgan fingerprint density at radius 2 is 1.54 bits per heavy atom. The molecule has 3 amide bonds. The van der Waals surface area contributed by atoms with Crippen molar-refractivity contribution in [2.45, 2.75) is 6.54 Å². The lowest BCUT2D eigenvalue weighted by Gasteiger charge is -2.13. The number of aromatic amines is 1. The van der Waals surface area contributed by atoms with Gasteiger partial charge in [0.2, 0.25) is 17.5 Å². The molecule has 4 aromatic rings. The van der Waals surface area contributed by atoms with Gasteiger partial charge in [0.25, 0.3) is 16.9 Å². The van der Waals surface area contributed by atoms with E-state index in [1.165, 1.54) is 33.5 Å². The van der Waals surface area contributed by atoms with Crippen molar-refractivity contribution in [3.63, 3.8) is 0 Å². The average Bonchev–Trinajstić information content (AvgIpc) is 3.35. The van der Waals surface area contributed by atoms with Gasteiger partial charge >= 0.3 is 0 Å². The number of ether oxygens (including phenoxy) is 3. The number of carbonyl (C=O) groups excluding carboxylic acids is 3. The lowest BCUT2D eigenvalue weighted by atomic mass is 10.1. The topological polar surface area (TPSA) is 181 Å². The molecule has 0 bridgehead atoms. The molecule has 0 aliphatic heterocycles. The molecule has 1 heterocycles. The number of amides is 3. The number of hydrogen-bond acceptors (Lipinski definition) is 9. The van der Waals surface area contributed by atoms with E-state index < -0.39 is 11.8 Å². The Hall–Kier alpha value is -5.30. The van der Waals surface area contributed by atoms with Crippen molar-refractivity contribution >= 4 is 51.4 Å². The summed E-state index contributed by atoms with van der Waals surface area (Å²) in [4.78, 5) is 40.3. The molecule has 41 heavy (non-hydrogen) atoms. The van der Waals surface area contributed by atoms with Crippen LogP contribution in [0.15, 0.2) is 60.7 Å². The van der Waals surface area contributed by atoms with Gasteiger partial charge in [0.15, 0.2) is 16.4 Å². The minimum atomic E-state index is -0.620. The fourth-order valence-corrected chi connectivity index (χ4v) is 4.77. The van der Waals surface area contributed by atoms with Gasteiger partial charge in [-0.2, -0.15) is 0 Å². The van der Waals surface area contributed by atoms with Gasteiger partial charge in [-0.15, -0.1) is 0 Å². The normalized spacial score (nSPS) is 10.4. The molecule has 0 saturated carbocycles. The van der Waals surface area contributed by atoms with E-state index >= 15 is 0 Å². The number of benzene rings is 3. The summed E-state index contributed by atoms with van der Waals surface area (Å²) in [6.45, 7) is 0.187. The predicted molar refractivity (Wildman–Crippen MR) is 155 cm³/mol. The molecule has 8 N–H and O–H groups in total. The fraction of sp³-hybridized carbons (Fsp3) is 0.143. The molecule has 12 nitrogen and oxygen atoms in total. The van der Waals surface area contributed by atoms with Crippen molar-refractivity contribution in [1.29, 1.82) is 0 Å². The van der Waals surface area contributed by atoms with E-state index in [2.05, 4.69) is 20.9 Å². The Morgan fingerprint density at radius 1 is 0.854 bits per heavy atom. The second kappa shape index (κ2) is 12.7. The van der Waals surface area contributed by atoms with Crippen molar-refractivity contribution in [3.8, 4) is 17.2 Å². The van der Waals surface area contributed by atoms with Crippen LogP contribution in [0.2, 0.25) is 0 Å². The van der Waals surface area contributed by atoms with E-state index in [1.54, 1.807) is 42.5 Å². The number of hydrogen-bond donors (Lipinski definition) is 5. The minimum absolute atomic E-state index is 0.187. The van der Waals surface area contributed by atoms with E-state index in [0.717, 1.165) is 16.9 Å². The molecule has 3 aromatic carbocycles. The van der Waals surface area contributed by atoms with Crippen molar-refractivity contribution in [2.75, 3.05) is 37.7 Å². The molecule has 0 unspecified atom stereocenters. The molecule has 4 rings (SSSR count). The summed E-state index contributed by atoms with van der Waals surface area (Å²) in [6.07, 6.45) is 0. The molecule has 0 spiro atoms. The van der Waals surface area contributed by atoms with Crippen LogP contribution in [0.4, 0.5) is 22.3 Å². The molecule has 0 radical (unpaired) electrons. The zero-order valence-electron chi connectivity index (χ0n) is 22.5. The van der Waals surface area contributed by atoms with E-state index in [1.807, 2.05) is 6.07 Å². The highest BCUT2D eigenvalue weighted by Crippen LogP contribution is 2.40. The summed E-state index contributed by atoms with van der Waals surface area (Å²) >= 11 is 1.14. The number of nitrogens with one attached hydrogen (secondary N) is 4. The number of primary amides is 1. The number of carbonyl (C=O) groups is 3. The summed E-state index contributed by atoms with van der Waals surface area (Å²) in [5, 5.41) is 9.31. The van der Waals surface area contributed by atoms with Crippen molar-refractivity contribution in [3.05, 3.63) is 82.2 Å². The van der Waals surface area contributed by atoms with Gasteiger partial charge in [-0.3, -0.25) is 19.7 Å². The number of H-pyrrole nitrogens is 1. The van der Waals surface area contributed by atoms with Gasteiger partial charge in [0.05, 0.1) is 21.3 Å². The highest BCUT2D eigenvalue weighted by Gasteiger charge is 2.21. The molecule has 0 aliphatic rings. The van der Waals surface area contributed by atoms with Crippen LogP contribution in [0.25, 0.3) is 0 Å². The van der Waals surface area contributed by atoms with Crippen LogP contribution in [0.5, 0.6) is 17.2 Å². The van der Waals surface area contributed by atoms with Gasteiger partial charge in [0.1, 0.15) is 5.69 Å². The van der Waals surface area contributed by atoms with E-state index in [9.17, 15) is 14.4 Å². The number of anilines is 4. The number of methoxy groups -OCH3 is 3. The maximum absolute atomic E-state index is 12.9. The van der Waals surface area contributed by atoms with Crippen LogP contribution < -0.4 is 46.6 Å². The monoisotopic (exact) mass is 577 g/mol.